The molecule has 1 saturated heterocycles. The summed E-state index contributed by atoms with van der Waals surface area (Å²) < 4.78 is 11.3. The van der Waals surface area contributed by atoms with Crippen molar-refractivity contribution in [3.63, 3.8) is 0 Å². The summed E-state index contributed by atoms with van der Waals surface area (Å²) >= 11 is 0. The first kappa shape index (κ1) is 89.7. The van der Waals surface area contributed by atoms with Gasteiger partial charge in [-0.15, -0.1) is 0 Å². The Kier molecular flexibility index (Phi) is 70.8. The lowest BCUT2D eigenvalue weighted by molar-refractivity contribution is -0.302. The van der Waals surface area contributed by atoms with Gasteiger partial charge < -0.3 is 40.3 Å². The van der Waals surface area contributed by atoms with Crippen LogP contribution in [0, 0.1) is 0 Å². The lowest BCUT2D eigenvalue weighted by atomic mass is 9.99. The quantitative estimate of drug-likeness (QED) is 0.0261. The van der Waals surface area contributed by atoms with Gasteiger partial charge in [0.15, 0.2) is 6.29 Å². The van der Waals surface area contributed by atoms with Crippen LogP contribution >= 0.6 is 0 Å². The molecular weight excluding hydrogens is 1150 g/mol. The summed E-state index contributed by atoms with van der Waals surface area (Å²) in [6.07, 6.45) is 92.2. The van der Waals surface area contributed by atoms with E-state index in [1.165, 1.54) is 392 Å². The highest BCUT2D eigenvalue weighted by atomic mass is 16.7. The molecule has 1 heterocycles. The summed E-state index contributed by atoms with van der Waals surface area (Å²) in [6, 6.07) is -0.821. The molecule has 1 fully saturated rings. The first-order valence-electron chi connectivity index (χ1n) is 42.1. The summed E-state index contributed by atoms with van der Waals surface area (Å²) in [4.78, 5) is 13.2. The van der Waals surface area contributed by atoms with Gasteiger partial charge in [0.05, 0.1) is 25.4 Å². The molecule has 0 aromatic carbocycles. The fourth-order valence-electron chi connectivity index (χ4n) is 14.0. The number of carbonyl (C=O) groups is 1. The molecule has 0 spiro atoms. The van der Waals surface area contributed by atoms with Crippen molar-refractivity contribution >= 4 is 5.91 Å². The van der Waals surface area contributed by atoms with E-state index in [4.69, 9.17) is 9.47 Å². The lowest BCUT2D eigenvalue weighted by Gasteiger charge is -2.40. The molecule has 1 aliphatic heterocycles. The number of hydrogen-bond donors (Lipinski definition) is 6. The van der Waals surface area contributed by atoms with E-state index in [2.05, 4.69) is 31.3 Å². The van der Waals surface area contributed by atoms with E-state index in [0.29, 0.717) is 6.42 Å². The van der Waals surface area contributed by atoms with Crippen LogP contribution in [0.4, 0.5) is 0 Å². The third-order valence-corrected chi connectivity index (χ3v) is 20.5. The first-order valence-corrected chi connectivity index (χ1v) is 42.1. The fourth-order valence-corrected chi connectivity index (χ4v) is 14.0. The molecule has 0 radical (unpaired) electrons. The second kappa shape index (κ2) is 73.4. The predicted octanol–water partition coefficient (Wildman–Crippen LogP) is 24.3. The van der Waals surface area contributed by atoms with Crippen molar-refractivity contribution in [2.45, 2.75) is 493 Å². The van der Waals surface area contributed by atoms with Crippen LogP contribution in [0.25, 0.3) is 0 Å². The van der Waals surface area contributed by atoms with E-state index in [1.807, 2.05) is 6.08 Å². The molecule has 552 valence electrons. The molecule has 1 aliphatic rings. The highest BCUT2D eigenvalue weighted by Gasteiger charge is 2.44. The van der Waals surface area contributed by atoms with E-state index in [1.54, 1.807) is 6.08 Å². The van der Waals surface area contributed by atoms with Gasteiger partial charge in [0, 0.05) is 6.42 Å². The van der Waals surface area contributed by atoms with Gasteiger partial charge in [0.1, 0.15) is 24.4 Å². The van der Waals surface area contributed by atoms with Gasteiger partial charge in [0.25, 0.3) is 0 Å². The van der Waals surface area contributed by atoms with Crippen LogP contribution in [0.1, 0.15) is 450 Å². The van der Waals surface area contributed by atoms with Crippen molar-refractivity contribution in [2.24, 2.45) is 0 Å². The average molecular weight is 1320 g/mol. The Bertz CT molecular complexity index is 1530. The second-order valence-corrected chi connectivity index (χ2v) is 29.6. The van der Waals surface area contributed by atoms with E-state index >= 15 is 0 Å². The SMILES string of the molecule is CCCCCCCCCCCCCCCCCCCCCCCCCCCC/C=C/CC/C=C/C(O)C(COC1OC(CO)C(O)C(O)C1O)NC(=O)CCCCCCCCCCCCCCCCCCCCCCCCCCCCCCCCCCCCCCCC. The molecule has 1 amide bonds. The molecule has 9 heteroatoms. The van der Waals surface area contributed by atoms with Crippen LogP contribution in [0.5, 0.6) is 0 Å². The van der Waals surface area contributed by atoms with Crippen molar-refractivity contribution in [1.29, 1.82) is 0 Å². The molecule has 7 unspecified atom stereocenters. The van der Waals surface area contributed by atoms with Gasteiger partial charge in [-0.1, -0.05) is 436 Å². The van der Waals surface area contributed by atoms with Crippen molar-refractivity contribution in [3.05, 3.63) is 24.3 Å². The van der Waals surface area contributed by atoms with Crippen LogP contribution < -0.4 is 5.32 Å². The molecule has 7 atom stereocenters. The Morgan fingerprint density at radius 2 is 0.613 bits per heavy atom. The van der Waals surface area contributed by atoms with Gasteiger partial charge in [-0.25, -0.2) is 0 Å². The van der Waals surface area contributed by atoms with Crippen LogP contribution in [-0.2, 0) is 14.3 Å². The first-order chi connectivity index (χ1) is 45.8. The van der Waals surface area contributed by atoms with Crippen molar-refractivity contribution in [1.82, 2.24) is 5.32 Å². The number of aliphatic hydroxyl groups is 5. The summed E-state index contributed by atoms with van der Waals surface area (Å²) in [7, 11) is 0. The zero-order valence-electron chi connectivity index (χ0n) is 62.3. The van der Waals surface area contributed by atoms with Crippen molar-refractivity contribution in [3.8, 4) is 0 Å². The Morgan fingerprint density at radius 1 is 0.355 bits per heavy atom. The van der Waals surface area contributed by atoms with Gasteiger partial charge in [-0.3, -0.25) is 4.79 Å². The lowest BCUT2D eigenvalue weighted by Crippen LogP contribution is -2.60. The number of hydrogen-bond acceptors (Lipinski definition) is 8. The molecule has 93 heavy (non-hydrogen) atoms. The Labute approximate surface area is 579 Å². The van der Waals surface area contributed by atoms with E-state index in [9.17, 15) is 30.3 Å². The minimum Gasteiger partial charge on any atom is -0.394 e. The summed E-state index contributed by atoms with van der Waals surface area (Å²) in [6.45, 7) is 3.84. The van der Waals surface area contributed by atoms with E-state index < -0.39 is 49.5 Å². The maximum absolute atomic E-state index is 13.2. The van der Waals surface area contributed by atoms with Gasteiger partial charge >= 0.3 is 0 Å². The zero-order valence-corrected chi connectivity index (χ0v) is 62.3. The third-order valence-electron chi connectivity index (χ3n) is 20.5. The molecule has 0 aliphatic carbocycles. The Morgan fingerprint density at radius 3 is 0.903 bits per heavy atom. The van der Waals surface area contributed by atoms with Gasteiger partial charge in [-0.05, 0) is 32.1 Å². The maximum Gasteiger partial charge on any atom is 0.220 e. The summed E-state index contributed by atoms with van der Waals surface area (Å²) in [5.74, 6) is -0.176. The molecular formula is C84H163NO8. The van der Waals surface area contributed by atoms with E-state index in [-0.39, 0.29) is 12.5 Å². The van der Waals surface area contributed by atoms with Crippen LogP contribution in [0.3, 0.4) is 0 Å². The molecule has 0 aromatic rings. The maximum atomic E-state index is 13.2. The van der Waals surface area contributed by atoms with Crippen molar-refractivity contribution in [2.75, 3.05) is 13.2 Å². The number of unbranched alkanes of at least 4 members (excludes halogenated alkanes) is 64. The van der Waals surface area contributed by atoms with Crippen LogP contribution in [-0.4, -0.2) is 87.5 Å². The number of nitrogens with one attached hydrogen (secondary N) is 1. The molecule has 0 aromatic heterocycles. The highest BCUT2D eigenvalue weighted by molar-refractivity contribution is 5.76. The highest BCUT2D eigenvalue weighted by Crippen LogP contribution is 2.24. The minimum absolute atomic E-state index is 0.176. The zero-order chi connectivity index (χ0) is 67.1. The third kappa shape index (κ3) is 61.5. The fraction of sp³-hybridized carbons (Fsp3) is 0.940. The normalized spacial score (nSPS) is 17.6. The number of amides is 1. The minimum atomic E-state index is -1.57. The average Bonchev–Trinajstić information content (AvgIpc) is 1.04. The van der Waals surface area contributed by atoms with Crippen molar-refractivity contribution < 1.29 is 39.8 Å². The number of carbonyl (C=O) groups excluding carboxylic acids is 1. The molecule has 0 saturated carbocycles. The summed E-state index contributed by atoms with van der Waals surface area (Å²) in [5.41, 5.74) is 0. The molecule has 6 N–H and O–H groups in total. The predicted molar refractivity (Wildman–Crippen MR) is 401 cm³/mol. The van der Waals surface area contributed by atoms with E-state index in [0.717, 1.165) is 38.5 Å². The number of aliphatic hydroxyl groups excluding tert-OH is 5. The standard InChI is InChI=1S/C84H163NO8/c1-3-5-7-9-11-13-15-17-19-21-23-25-27-29-31-33-35-37-38-39-40-41-42-44-46-48-50-52-54-56-58-60-62-64-66-68-70-72-74-80(88)85-77(76-92-84-83(91)82(90)81(89)79(75-86)93-84)78(87)73-71-69-67-65-63-61-59-57-55-53-51-49-47-45-43-36-34-32-30-28-26-24-22-20-18-16-14-12-10-8-6-4-2/h63,65,71,73,77-79,81-84,86-87,89-91H,3-62,64,66-70,72,74-76H2,1-2H3,(H,85,88)/b65-63+,73-71+. The van der Waals surface area contributed by atoms with Gasteiger partial charge in [0.2, 0.25) is 5.91 Å². The van der Waals surface area contributed by atoms with Crippen LogP contribution in [0.2, 0.25) is 0 Å². The summed E-state index contributed by atoms with van der Waals surface area (Å²) in [5, 5.41) is 54.9. The van der Waals surface area contributed by atoms with Crippen LogP contribution in [0.15, 0.2) is 24.3 Å². The largest absolute Gasteiger partial charge is 0.394 e. The monoisotopic (exact) mass is 1310 g/mol. The molecule has 1 rings (SSSR count). The number of ether oxygens (including phenoxy) is 2. The number of allylic oxidation sites excluding steroid dienone is 3. The molecule has 0 bridgehead atoms. The number of rotatable bonds is 76. The van der Waals surface area contributed by atoms with Gasteiger partial charge in [-0.2, -0.15) is 0 Å². The topological polar surface area (TPSA) is 149 Å². The Hall–Kier alpha value is -1.33. The smallest absolute Gasteiger partial charge is 0.220 e. The Balaban J connectivity index is 2.05. The molecule has 9 nitrogen and oxygen atoms in total. The second-order valence-electron chi connectivity index (χ2n) is 29.6.